The monoisotopic (exact) mass is 258 g/mol. The molecule has 18 heavy (non-hydrogen) atoms. The Morgan fingerprint density at radius 2 is 1.61 bits per heavy atom. The number of carboxylic acids is 2. The average Bonchev–Trinajstić information content (AvgIpc) is 2.26. The van der Waals surface area contributed by atoms with Gasteiger partial charge < -0.3 is 14.9 Å². The lowest BCUT2D eigenvalue weighted by atomic mass is 10.2. The molecule has 0 aliphatic heterocycles. The van der Waals surface area contributed by atoms with Crippen molar-refractivity contribution >= 4 is 17.9 Å². The van der Waals surface area contributed by atoms with Crippen LogP contribution in [0.5, 0.6) is 0 Å². The third-order valence-corrected chi connectivity index (χ3v) is 1.49. The molecule has 0 radical (unpaired) electrons. The highest BCUT2D eigenvalue weighted by Crippen LogP contribution is 1.96. The first kappa shape index (κ1) is 18.3. The summed E-state index contributed by atoms with van der Waals surface area (Å²) in [6.45, 7) is 8.88. The fraction of sp³-hybridized carbons (Fsp3) is 0.417. The molecule has 0 aliphatic carbocycles. The number of carbonyl (C=O) groups is 3. The lowest BCUT2D eigenvalue weighted by Gasteiger charge is -1.96. The van der Waals surface area contributed by atoms with Gasteiger partial charge in [-0.05, 0) is 20.3 Å². The summed E-state index contributed by atoms with van der Waals surface area (Å²) >= 11 is 0. The molecule has 0 unspecified atom stereocenters. The predicted octanol–water partition coefficient (Wildman–Crippen LogP) is 1.62. The molecule has 2 N–H and O–H groups in total. The number of rotatable bonds is 5. The maximum Gasteiger partial charge on any atom is 0.342 e. The number of carboxylic acid groups (broad SMARTS) is 2. The van der Waals surface area contributed by atoms with Crippen molar-refractivity contribution < 1.29 is 29.3 Å². The Bertz CT molecular complexity index is 338. The Morgan fingerprint density at radius 1 is 1.17 bits per heavy atom. The summed E-state index contributed by atoms with van der Waals surface area (Å²) in [5.74, 6) is -3.10. The van der Waals surface area contributed by atoms with Crippen LogP contribution in [0.1, 0.15) is 27.2 Å². The van der Waals surface area contributed by atoms with Crippen molar-refractivity contribution in [1.29, 1.82) is 0 Å². The van der Waals surface area contributed by atoms with Gasteiger partial charge in [0.25, 0.3) is 0 Å². The second-order valence-electron chi connectivity index (χ2n) is 3.14. The molecule has 0 saturated heterocycles. The van der Waals surface area contributed by atoms with E-state index in [1.807, 2.05) is 0 Å². The van der Waals surface area contributed by atoms with Gasteiger partial charge in [0.2, 0.25) is 0 Å². The van der Waals surface area contributed by atoms with E-state index in [0.717, 1.165) is 6.08 Å². The molecule has 0 rings (SSSR count). The van der Waals surface area contributed by atoms with Gasteiger partial charge in [0.05, 0.1) is 6.61 Å². The van der Waals surface area contributed by atoms with E-state index in [1.54, 1.807) is 20.8 Å². The van der Waals surface area contributed by atoms with Crippen molar-refractivity contribution in [3.63, 3.8) is 0 Å². The molecule has 0 spiro atoms. The lowest BCUT2D eigenvalue weighted by molar-refractivity contribution is -0.140. The molecule has 6 nitrogen and oxygen atoms in total. The number of allylic oxidation sites excluding steroid dienone is 1. The van der Waals surface area contributed by atoms with Crippen LogP contribution >= 0.6 is 0 Å². The molecule has 0 aromatic heterocycles. The number of aliphatic carboxylic acids is 2. The number of ether oxygens (including phenoxy) is 1. The SMILES string of the molecule is C=C(C)C(=O)OCC.CCC=C(C(=O)O)C(=O)O. The van der Waals surface area contributed by atoms with E-state index >= 15 is 0 Å². The highest BCUT2D eigenvalue weighted by molar-refractivity contribution is 6.12. The first-order chi connectivity index (χ1) is 8.27. The molecule has 0 fully saturated rings. The first-order valence-electron chi connectivity index (χ1n) is 5.27. The number of esters is 1. The van der Waals surface area contributed by atoms with Gasteiger partial charge in [0.15, 0.2) is 0 Å². The van der Waals surface area contributed by atoms with Gasteiger partial charge in [0, 0.05) is 5.57 Å². The Hall–Kier alpha value is -2.11. The van der Waals surface area contributed by atoms with Gasteiger partial charge in [-0.2, -0.15) is 0 Å². The highest BCUT2D eigenvalue weighted by Gasteiger charge is 2.13. The van der Waals surface area contributed by atoms with E-state index in [-0.39, 0.29) is 5.97 Å². The van der Waals surface area contributed by atoms with Crippen LogP contribution in [0.2, 0.25) is 0 Å². The fourth-order valence-electron chi connectivity index (χ4n) is 0.725. The van der Waals surface area contributed by atoms with Crippen LogP contribution in [0.3, 0.4) is 0 Å². The van der Waals surface area contributed by atoms with E-state index in [0.29, 0.717) is 18.6 Å². The molecule has 0 aromatic rings. The summed E-state index contributed by atoms with van der Waals surface area (Å²) in [5, 5.41) is 16.5. The minimum atomic E-state index is -1.39. The van der Waals surface area contributed by atoms with Crippen molar-refractivity contribution in [2.75, 3.05) is 6.61 Å². The van der Waals surface area contributed by atoms with E-state index in [4.69, 9.17) is 10.2 Å². The molecular weight excluding hydrogens is 240 g/mol. The Balaban J connectivity index is 0. The number of hydrogen-bond donors (Lipinski definition) is 2. The molecule has 0 saturated carbocycles. The van der Waals surface area contributed by atoms with E-state index in [9.17, 15) is 14.4 Å². The van der Waals surface area contributed by atoms with E-state index in [1.165, 1.54) is 0 Å². The summed E-state index contributed by atoms with van der Waals surface area (Å²) in [6.07, 6.45) is 1.57. The molecule has 0 bridgehead atoms. The summed E-state index contributed by atoms with van der Waals surface area (Å²) in [7, 11) is 0. The third kappa shape index (κ3) is 9.14. The summed E-state index contributed by atoms with van der Waals surface area (Å²) in [5.41, 5.74) is -0.116. The number of carbonyl (C=O) groups excluding carboxylic acids is 1. The lowest BCUT2D eigenvalue weighted by Crippen LogP contribution is -2.10. The normalized spacial score (nSPS) is 8.39. The maximum atomic E-state index is 10.4. The Morgan fingerprint density at radius 3 is 1.72 bits per heavy atom. The molecule has 0 heterocycles. The van der Waals surface area contributed by atoms with Crippen molar-refractivity contribution in [3.05, 3.63) is 23.8 Å². The predicted molar refractivity (Wildman–Crippen MR) is 65.1 cm³/mol. The molecule has 102 valence electrons. The topological polar surface area (TPSA) is 101 Å². The quantitative estimate of drug-likeness (QED) is 0.336. The molecule has 6 heteroatoms. The Labute approximate surface area is 106 Å². The van der Waals surface area contributed by atoms with Crippen LogP contribution < -0.4 is 0 Å². The molecule has 0 aliphatic rings. The zero-order chi connectivity index (χ0) is 14.7. The maximum absolute atomic E-state index is 10.4. The van der Waals surface area contributed by atoms with Gasteiger partial charge in [0.1, 0.15) is 5.57 Å². The van der Waals surface area contributed by atoms with Crippen LogP contribution in [0.15, 0.2) is 23.8 Å². The van der Waals surface area contributed by atoms with Crippen LogP contribution in [0, 0.1) is 0 Å². The zero-order valence-electron chi connectivity index (χ0n) is 10.7. The third-order valence-electron chi connectivity index (χ3n) is 1.49. The summed E-state index contributed by atoms with van der Waals surface area (Å²) in [6, 6.07) is 0. The van der Waals surface area contributed by atoms with Crippen LogP contribution in [-0.2, 0) is 19.1 Å². The minimum Gasteiger partial charge on any atom is -0.477 e. The largest absolute Gasteiger partial charge is 0.477 e. The van der Waals surface area contributed by atoms with Crippen LogP contribution in [-0.4, -0.2) is 34.7 Å². The second-order valence-corrected chi connectivity index (χ2v) is 3.14. The van der Waals surface area contributed by atoms with Gasteiger partial charge in [-0.3, -0.25) is 0 Å². The zero-order valence-corrected chi connectivity index (χ0v) is 10.7. The smallest absolute Gasteiger partial charge is 0.342 e. The summed E-state index contributed by atoms with van der Waals surface area (Å²) < 4.78 is 4.56. The van der Waals surface area contributed by atoms with Crippen molar-refractivity contribution in [3.8, 4) is 0 Å². The molecule has 0 atom stereocenters. The van der Waals surface area contributed by atoms with Crippen molar-refractivity contribution in [2.24, 2.45) is 0 Å². The Kier molecular flexibility index (Phi) is 10.2. The van der Waals surface area contributed by atoms with Crippen molar-refractivity contribution in [2.45, 2.75) is 27.2 Å². The van der Waals surface area contributed by atoms with E-state index in [2.05, 4.69) is 11.3 Å². The molecule has 0 aromatic carbocycles. The second kappa shape index (κ2) is 10.1. The highest BCUT2D eigenvalue weighted by atomic mass is 16.5. The fourth-order valence-corrected chi connectivity index (χ4v) is 0.725. The molecular formula is C12H18O6. The van der Waals surface area contributed by atoms with Crippen LogP contribution in [0.25, 0.3) is 0 Å². The first-order valence-corrected chi connectivity index (χ1v) is 5.27. The average molecular weight is 258 g/mol. The van der Waals surface area contributed by atoms with Gasteiger partial charge >= 0.3 is 17.9 Å². The molecule has 0 amide bonds. The van der Waals surface area contributed by atoms with Gasteiger partial charge in [-0.15, -0.1) is 0 Å². The number of hydrogen-bond acceptors (Lipinski definition) is 4. The van der Waals surface area contributed by atoms with Gasteiger partial charge in [-0.1, -0.05) is 19.6 Å². The summed E-state index contributed by atoms with van der Waals surface area (Å²) in [4.78, 5) is 30.6. The van der Waals surface area contributed by atoms with E-state index < -0.39 is 17.5 Å². The van der Waals surface area contributed by atoms with Crippen molar-refractivity contribution in [1.82, 2.24) is 0 Å². The van der Waals surface area contributed by atoms with Gasteiger partial charge in [-0.25, -0.2) is 14.4 Å². The van der Waals surface area contributed by atoms with Crippen LogP contribution in [0.4, 0.5) is 0 Å². The minimum absolute atomic E-state index is 0.312. The standard InChI is InChI=1S/C6H8O4.C6H10O2/c1-2-3-4(5(7)8)6(9)10;1-4-8-6(7)5(2)3/h3H,2H2,1H3,(H,7,8)(H,9,10);2,4H2,1,3H3.